The quantitative estimate of drug-likeness (QED) is 0.0741. The van der Waals surface area contributed by atoms with E-state index >= 15 is 0 Å². The third-order valence-corrected chi connectivity index (χ3v) is 9.90. The molecule has 1 aliphatic rings. The first kappa shape index (κ1) is 42.6. The van der Waals surface area contributed by atoms with Gasteiger partial charge in [-0.25, -0.2) is 4.79 Å². The number of H-pyrrole nitrogens is 1. The minimum atomic E-state index is -0.829. The van der Waals surface area contributed by atoms with Crippen molar-refractivity contribution in [2.75, 3.05) is 40.9 Å². The number of likely N-dealkylation sites (N-methyl/N-ethyl adjacent to an activating group) is 2. The predicted octanol–water partition coefficient (Wildman–Crippen LogP) is 4.63. The van der Waals surface area contributed by atoms with Crippen LogP contribution in [-0.2, 0) is 43.5 Å². The Kier molecular flexibility index (Phi) is 14.6. The molecule has 0 aliphatic carbocycles. The van der Waals surface area contributed by atoms with Crippen molar-refractivity contribution in [1.29, 1.82) is 0 Å². The van der Waals surface area contributed by atoms with E-state index in [1.165, 1.54) is 11.9 Å². The molecule has 15 nitrogen and oxygen atoms in total. The molecule has 314 valence electrons. The summed E-state index contributed by atoms with van der Waals surface area (Å²) in [5, 5.41) is 11.6. The fourth-order valence-electron chi connectivity index (χ4n) is 6.77. The van der Waals surface area contributed by atoms with Crippen molar-refractivity contribution >= 4 is 40.6 Å². The second-order valence-electron chi connectivity index (χ2n) is 14.5. The molecule has 6 rings (SSSR count). The topological polar surface area (TPSA) is 189 Å². The first-order valence-corrected chi connectivity index (χ1v) is 19.7. The number of benzene rings is 4. The smallest absolute Gasteiger partial charge is 0.407 e. The van der Waals surface area contributed by atoms with Crippen molar-refractivity contribution in [1.82, 2.24) is 31.2 Å². The molecule has 5 aromatic rings. The van der Waals surface area contributed by atoms with Gasteiger partial charge in [0.15, 0.2) is 13.2 Å². The molecule has 15 heteroatoms. The van der Waals surface area contributed by atoms with Crippen LogP contribution in [0, 0.1) is 0 Å². The van der Waals surface area contributed by atoms with E-state index in [2.05, 4.69) is 26.3 Å². The number of fused-ring (bicyclic) bond motifs is 5. The van der Waals surface area contributed by atoms with Crippen LogP contribution in [0.3, 0.4) is 0 Å². The number of aromatic nitrogens is 1. The van der Waals surface area contributed by atoms with Gasteiger partial charge in [0, 0.05) is 55.8 Å². The lowest BCUT2D eigenvalue weighted by atomic mass is 10.0. The minimum Gasteiger partial charge on any atom is -0.488 e. The highest BCUT2D eigenvalue weighted by molar-refractivity contribution is 5.94. The van der Waals surface area contributed by atoms with E-state index in [9.17, 15) is 24.0 Å². The summed E-state index contributed by atoms with van der Waals surface area (Å²) in [5.74, 6) is 0.00847. The first-order chi connectivity index (χ1) is 29.1. The number of nitrogens with zero attached hydrogens (tertiary/aromatic N) is 1. The zero-order valence-corrected chi connectivity index (χ0v) is 33.9. The molecular weight excluding hydrogens is 769 g/mol. The van der Waals surface area contributed by atoms with Crippen LogP contribution < -0.4 is 35.5 Å². The normalized spacial score (nSPS) is 12.4. The summed E-state index contributed by atoms with van der Waals surface area (Å²) in [7, 11) is 4.81. The van der Waals surface area contributed by atoms with Crippen LogP contribution in [0.1, 0.15) is 36.0 Å². The Morgan fingerprint density at radius 1 is 0.783 bits per heavy atom. The number of hydrogen-bond acceptors (Lipinski definition) is 9. The molecule has 1 aromatic heterocycles. The number of aryl methyl sites for hydroxylation is 1. The van der Waals surface area contributed by atoms with Crippen LogP contribution in [0.15, 0.2) is 97.1 Å². The Hall–Kier alpha value is -7.03. The zero-order valence-electron chi connectivity index (χ0n) is 33.9. The molecule has 5 N–H and O–H groups in total. The summed E-state index contributed by atoms with van der Waals surface area (Å²) in [5.41, 5.74) is 5.38. The highest BCUT2D eigenvalue weighted by Crippen LogP contribution is 2.42. The van der Waals surface area contributed by atoms with E-state index in [0.29, 0.717) is 36.5 Å². The molecule has 2 heterocycles. The van der Waals surface area contributed by atoms with Gasteiger partial charge in [-0.3, -0.25) is 19.2 Å². The van der Waals surface area contributed by atoms with Gasteiger partial charge in [-0.05, 0) is 67.1 Å². The number of hydrogen-bond donors (Lipinski definition) is 5. The van der Waals surface area contributed by atoms with Gasteiger partial charge in [-0.2, -0.15) is 0 Å². The highest BCUT2D eigenvalue weighted by Gasteiger charge is 2.25. The summed E-state index contributed by atoms with van der Waals surface area (Å²) < 4.78 is 23.0. The molecule has 1 aliphatic heterocycles. The van der Waals surface area contributed by atoms with Gasteiger partial charge in [0.2, 0.25) is 11.8 Å². The van der Waals surface area contributed by atoms with Crippen LogP contribution in [0.2, 0.25) is 0 Å². The molecule has 60 heavy (non-hydrogen) atoms. The Morgan fingerprint density at radius 3 is 2.12 bits per heavy atom. The highest BCUT2D eigenvalue weighted by atomic mass is 16.5. The van der Waals surface area contributed by atoms with Gasteiger partial charge in [0.25, 0.3) is 11.8 Å². The van der Waals surface area contributed by atoms with Gasteiger partial charge in [0.05, 0.1) is 5.69 Å². The Bertz CT molecular complexity index is 2280. The summed E-state index contributed by atoms with van der Waals surface area (Å²) in [6.07, 6.45) is 1.22. The number of alkyl carbamates (subject to hydrolysis) is 1. The van der Waals surface area contributed by atoms with E-state index in [-0.39, 0.29) is 51.2 Å². The molecule has 0 saturated heterocycles. The average Bonchev–Trinajstić information content (AvgIpc) is 3.65. The molecule has 4 aromatic carbocycles. The Balaban J connectivity index is 0.988. The Labute approximate surface area is 348 Å². The molecule has 5 amide bonds. The fourth-order valence-corrected chi connectivity index (χ4v) is 6.77. The summed E-state index contributed by atoms with van der Waals surface area (Å²) >= 11 is 0. The Morgan fingerprint density at radius 2 is 1.43 bits per heavy atom. The maximum atomic E-state index is 13.0. The van der Waals surface area contributed by atoms with Crippen LogP contribution in [0.5, 0.6) is 17.2 Å². The number of carbonyl (C=O) groups is 5. The van der Waals surface area contributed by atoms with Crippen LogP contribution in [0.25, 0.3) is 22.2 Å². The second kappa shape index (κ2) is 20.6. The third kappa shape index (κ3) is 11.6. The molecule has 0 radical (unpaired) electrons. The van der Waals surface area contributed by atoms with Crippen molar-refractivity contribution < 1.29 is 42.9 Å². The number of rotatable bonds is 19. The summed E-state index contributed by atoms with van der Waals surface area (Å²) in [6, 6.07) is 28.4. The van der Waals surface area contributed by atoms with Crippen molar-refractivity contribution in [2.45, 2.75) is 51.0 Å². The van der Waals surface area contributed by atoms with Crippen molar-refractivity contribution in [3.63, 3.8) is 0 Å². The first-order valence-electron chi connectivity index (χ1n) is 19.7. The number of ether oxygens (including phenoxy) is 4. The molecule has 0 bridgehead atoms. The van der Waals surface area contributed by atoms with Crippen molar-refractivity contribution in [3.8, 4) is 28.5 Å². The molecule has 0 saturated carbocycles. The molecular formula is C45H50N6O9. The summed E-state index contributed by atoms with van der Waals surface area (Å²) in [6.45, 7) is 0.0473. The number of carbonyl (C=O) groups excluding carboxylic acids is 5. The van der Waals surface area contributed by atoms with Gasteiger partial charge in [-0.15, -0.1) is 0 Å². The van der Waals surface area contributed by atoms with E-state index in [0.717, 1.165) is 38.9 Å². The van der Waals surface area contributed by atoms with Crippen molar-refractivity contribution in [2.24, 2.45) is 0 Å². The molecule has 0 fully saturated rings. The SMILES string of the molecule is CNC(=O)C(CCCNC(=O)OCc1ccccc1)NC(=O)COc1ccc2c(c1)OCc1c-2[nH]c2ccc(OCC(=O)NC(CCc3ccccc3)C(=O)N(C)C)cc12. The van der Waals surface area contributed by atoms with E-state index in [4.69, 9.17) is 18.9 Å². The molecule has 2 unspecified atom stereocenters. The molecule has 0 spiro atoms. The van der Waals surface area contributed by atoms with Gasteiger partial charge >= 0.3 is 6.09 Å². The predicted molar refractivity (Wildman–Crippen MR) is 224 cm³/mol. The van der Waals surface area contributed by atoms with Crippen molar-refractivity contribution in [3.05, 3.63) is 114 Å². The standard InChI is InChI=1S/C45H50N6O9/c1-46-43(54)37(15-10-22-47-45(56)60-25-30-13-8-5-9-14-30)48-40(52)27-58-32-17-19-33-39(24-32)59-26-35-34-23-31(18-21-36(34)50-42(33)35)57-28-41(53)49-38(44(55)51(2)3)20-16-29-11-6-4-7-12-29/h4-9,11-14,17-19,21,23-24,37-38,50H,10,15-16,20,22,25-28H2,1-3H3,(H,46,54)(H,47,56)(H,48,52)(H,49,53). The lowest BCUT2D eigenvalue weighted by molar-refractivity contribution is -0.135. The monoisotopic (exact) mass is 818 g/mol. The summed E-state index contributed by atoms with van der Waals surface area (Å²) in [4.78, 5) is 68.2. The number of amides is 5. The van der Waals surface area contributed by atoms with E-state index < -0.39 is 30.0 Å². The maximum absolute atomic E-state index is 13.0. The average molecular weight is 819 g/mol. The van der Waals surface area contributed by atoms with E-state index in [1.807, 2.05) is 78.9 Å². The maximum Gasteiger partial charge on any atom is 0.407 e. The lowest BCUT2D eigenvalue weighted by Gasteiger charge is -2.22. The number of nitrogens with one attached hydrogen (secondary N) is 5. The second-order valence-corrected chi connectivity index (χ2v) is 14.5. The lowest BCUT2D eigenvalue weighted by Crippen LogP contribution is -2.47. The number of aromatic amines is 1. The third-order valence-electron chi connectivity index (χ3n) is 9.90. The van der Waals surface area contributed by atoms with Crippen LogP contribution in [-0.4, -0.2) is 92.6 Å². The van der Waals surface area contributed by atoms with Gasteiger partial charge in [0.1, 0.15) is 42.5 Å². The van der Waals surface area contributed by atoms with Gasteiger partial charge < -0.3 is 50.1 Å². The van der Waals surface area contributed by atoms with E-state index in [1.54, 1.807) is 32.3 Å². The van der Waals surface area contributed by atoms with Crippen LogP contribution >= 0.6 is 0 Å². The largest absolute Gasteiger partial charge is 0.488 e. The van der Waals surface area contributed by atoms with Gasteiger partial charge in [-0.1, -0.05) is 60.7 Å². The fraction of sp³-hybridized carbons (Fsp3) is 0.311. The van der Waals surface area contributed by atoms with Crippen LogP contribution in [0.4, 0.5) is 4.79 Å². The minimum absolute atomic E-state index is 0.145. The zero-order chi connectivity index (χ0) is 42.4. The molecule has 2 atom stereocenters.